The number of hydrogen-bond acceptors (Lipinski definition) is 3. The molecule has 0 aromatic heterocycles. The SMILES string of the molecule is Cc1c(Cl)cccc1NCC(=O)Nc1cccc(C(=O)Nc2cccc(C(F)(F)F)c2)c1. The highest BCUT2D eigenvalue weighted by Gasteiger charge is 2.30. The fourth-order valence-corrected chi connectivity index (χ4v) is 3.07. The maximum atomic E-state index is 12.9. The van der Waals surface area contributed by atoms with E-state index in [2.05, 4.69) is 16.0 Å². The van der Waals surface area contributed by atoms with Crippen molar-refractivity contribution in [2.45, 2.75) is 13.1 Å². The minimum absolute atomic E-state index is 0.0142. The number of hydrogen-bond donors (Lipinski definition) is 3. The molecule has 0 aliphatic rings. The monoisotopic (exact) mass is 461 g/mol. The Morgan fingerprint density at radius 3 is 2.28 bits per heavy atom. The van der Waals surface area contributed by atoms with E-state index in [0.717, 1.165) is 23.4 Å². The molecule has 0 aliphatic carbocycles. The number of benzene rings is 3. The van der Waals surface area contributed by atoms with Crippen molar-refractivity contribution < 1.29 is 22.8 Å². The second kappa shape index (κ2) is 9.74. The van der Waals surface area contributed by atoms with Gasteiger partial charge < -0.3 is 16.0 Å². The molecule has 0 spiro atoms. The summed E-state index contributed by atoms with van der Waals surface area (Å²) in [5.74, 6) is -0.951. The third kappa shape index (κ3) is 6.01. The van der Waals surface area contributed by atoms with Gasteiger partial charge in [-0.15, -0.1) is 0 Å². The predicted octanol–water partition coefficient (Wildman–Crippen LogP) is 5.97. The molecule has 9 heteroatoms. The minimum Gasteiger partial charge on any atom is -0.376 e. The maximum absolute atomic E-state index is 12.9. The zero-order chi connectivity index (χ0) is 23.3. The van der Waals surface area contributed by atoms with E-state index in [1.54, 1.807) is 30.3 Å². The highest BCUT2D eigenvalue weighted by atomic mass is 35.5. The molecule has 0 heterocycles. The quantitative estimate of drug-likeness (QED) is 0.423. The van der Waals surface area contributed by atoms with Gasteiger partial charge in [0.2, 0.25) is 5.91 Å². The van der Waals surface area contributed by atoms with Gasteiger partial charge in [0.25, 0.3) is 5.91 Å². The topological polar surface area (TPSA) is 70.2 Å². The standard InChI is InChI=1S/C23H19ClF3N3O2/c1-14-19(24)9-4-10-20(14)28-13-21(31)29-17-7-2-5-15(11-17)22(32)30-18-8-3-6-16(12-18)23(25,26)27/h2-12,28H,13H2,1H3,(H,29,31)(H,30,32). The van der Waals surface area contributed by atoms with E-state index < -0.39 is 17.6 Å². The fraction of sp³-hybridized carbons (Fsp3) is 0.130. The molecule has 0 fully saturated rings. The fourth-order valence-electron chi connectivity index (χ4n) is 2.89. The Morgan fingerprint density at radius 2 is 1.56 bits per heavy atom. The van der Waals surface area contributed by atoms with Crippen LogP contribution in [-0.2, 0) is 11.0 Å². The highest BCUT2D eigenvalue weighted by Crippen LogP contribution is 2.30. The zero-order valence-electron chi connectivity index (χ0n) is 16.9. The van der Waals surface area contributed by atoms with Gasteiger partial charge in [-0.2, -0.15) is 13.2 Å². The van der Waals surface area contributed by atoms with Crippen molar-refractivity contribution >= 4 is 40.5 Å². The lowest BCUT2D eigenvalue weighted by Crippen LogP contribution is -2.22. The van der Waals surface area contributed by atoms with Gasteiger partial charge in [0.05, 0.1) is 12.1 Å². The average Bonchev–Trinajstić information content (AvgIpc) is 2.74. The number of carbonyl (C=O) groups excluding carboxylic acids is 2. The molecule has 0 radical (unpaired) electrons. The minimum atomic E-state index is -4.51. The van der Waals surface area contributed by atoms with Crippen LogP contribution in [0.5, 0.6) is 0 Å². The first-order valence-corrected chi connectivity index (χ1v) is 9.89. The number of alkyl halides is 3. The Balaban J connectivity index is 1.63. The molecular formula is C23H19ClF3N3O2. The van der Waals surface area contributed by atoms with E-state index in [4.69, 9.17) is 11.6 Å². The second-order valence-electron chi connectivity index (χ2n) is 6.93. The van der Waals surface area contributed by atoms with Gasteiger partial charge in [0, 0.05) is 27.6 Å². The molecule has 0 bridgehead atoms. The zero-order valence-corrected chi connectivity index (χ0v) is 17.6. The van der Waals surface area contributed by atoms with Gasteiger partial charge in [-0.05, 0) is 61.0 Å². The van der Waals surface area contributed by atoms with Crippen LogP contribution in [0.3, 0.4) is 0 Å². The number of halogens is 4. The van der Waals surface area contributed by atoms with Gasteiger partial charge in [0.1, 0.15) is 0 Å². The van der Waals surface area contributed by atoms with Crippen LogP contribution in [0.1, 0.15) is 21.5 Å². The third-order valence-corrected chi connectivity index (χ3v) is 4.97. The summed E-state index contributed by atoms with van der Waals surface area (Å²) in [7, 11) is 0. The van der Waals surface area contributed by atoms with Gasteiger partial charge in [-0.25, -0.2) is 0 Å². The van der Waals surface area contributed by atoms with Crippen LogP contribution in [0.25, 0.3) is 0 Å². The molecular weight excluding hydrogens is 443 g/mol. The molecule has 3 aromatic rings. The van der Waals surface area contributed by atoms with Crippen molar-refractivity contribution in [3.8, 4) is 0 Å². The Hall–Kier alpha value is -3.52. The Bertz CT molecular complexity index is 1150. The van der Waals surface area contributed by atoms with Crippen LogP contribution in [0.15, 0.2) is 66.7 Å². The maximum Gasteiger partial charge on any atom is 0.416 e. The van der Waals surface area contributed by atoms with E-state index in [1.165, 1.54) is 24.3 Å². The van der Waals surface area contributed by atoms with Crippen molar-refractivity contribution in [2.75, 3.05) is 22.5 Å². The molecule has 0 saturated heterocycles. The second-order valence-corrected chi connectivity index (χ2v) is 7.33. The van der Waals surface area contributed by atoms with E-state index >= 15 is 0 Å². The third-order valence-electron chi connectivity index (χ3n) is 4.56. The number of rotatable bonds is 6. The van der Waals surface area contributed by atoms with E-state index in [0.29, 0.717) is 10.7 Å². The summed E-state index contributed by atoms with van der Waals surface area (Å²) in [6, 6.07) is 15.8. The molecule has 3 rings (SSSR count). The summed E-state index contributed by atoms with van der Waals surface area (Å²) in [5, 5.41) is 8.68. The van der Waals surface area contributed by atoms with Gasteiger partial charge >= 0.3 is 6.18 Å². The molecule has 32 heavy (non-hydrogen) atoms. The van der Waals surface area contributed by atoms with Crippen molar-refractivity contribution in [3.63, 3.8) is 0 Å². The van der Waals surface area contributed by atoms with E-state index in [-0.39, 0.29) is 23.7 Å². The first kappa shape index (κ1) is 23.1. The molecule has 0 aliphatic heterocycles. The van der Waals surface area contributed by atoms with Crippen LogP contribution in [0, 0.1) is 6.92 Å². The molecule has 0 unspecified atom stereocenters. The van der Waals surface area contributed by atoms with Crippen LogP contribution >= 0.6 is 11.6 Å². The molecule has 2 amide bonds. The summed E-state index contributed by atoms with van der Waals surface area (Å²) in [4.78, 5) is 24.7. The molecule has 3 aromatic carbocycles. The Morgan fingerprint density at radius 1 is 0.906 bits per heavy atom. The molecule has 5 nitrogen and oxygen atoms in total. The first-order valence-electron chi connectivity index (χ1n) is 9.51. The number of anilines is 3. The summed E-state index contributed by atoms with van der Waals surface area (Å²) >= 11 is 6.06. The first-order chi connectivity index (χ1) is 15.1. The van der Waals surface area contributed by atoms with E-state index in [1.807, 2.05) is 6.92 Å². The molecule has 166 valence electrons. The lowest BCUT2D eigenvalue weighted by Gasteiger charge is -2.12. The van der Waals surface area contributed by atoms with Crippen molar-refractivity contribution in [2.24, 2.45) is 0 Å². The van der Waals surface area contributed by atoms with Crippen LogP contribution < -0.4 is 16.0 Å². The normalized spacial score (nSPS) is 11.0. The number of amides is 2. The molecule has 0 atom stereocenters. The number of carbonyl (C=O) groups is 2. The lowest BCUT2D eigenvalue weighted by atomic mass is 10.1. The van der Waals surface area contributed by atoms with Crippen LogP contribution in [0.2, 0.25) is 5.02 Å². The summed E-state index contributed by atoms with van der Waals surface area (Å²) in [5.41, 5.74) is 1.24. The van der Waals surface area contributed by atoms with Gasteiger partial charge in [-0.1, -0.05) is 29.8 Å². The predicted molar refractivity (Wildman–Crippen MR) is 119 cm³/mol. The average molecular weight is 462 g/mol. The highest BCUT2D eigenvalue weighted by molar-refractivity contribution is 6.31. The smallest absolute Gasteiger partial charge is 0.376 e. The Kier molecular flexibility index (Phi) is 7.05. The Labute approximate surface area is 187 Å². The molecule has 3 N–H and O–H groups in total. The number of nitrogens with one attached hydrogen (secondary N) is 3. The van der Waals surface area contributed by atoms with Gasteiger partial charge in [0.15, 0.2) is 0 Å². The summed E-state index contributed by atoms with van der Waals surface area (Å²) in [6.45, 7) is 1.80. The van der Waals surface area contributed by atoms with Crippen molar-refractivity contribution in [1.82, 2.24) is 0 Å². The van der Waals surface area contributed by atoms with E-state index in [9.17, 15) is 22.8 Å². The summed E-state index contributed by atoms with van der Waals surface area (Å²) in [6.07, 6.45) is -4.51. The van der Waals surface area contributed by atoms with Crippen LogP contribution in [0.4, 0.5) is 30.2 Å². The lowest BCUT2D eigenvalue weighted by molar-refractivity contribution is -0.137. The largest absolute Gasteiger partial charge is 0.416 e. The van der Waals surface area contributed by atoms with Crippen molar-refractivity contribution in [1.29, 1.82) is 0 Å². The van der Waals surface area contributed by atoms with Crippen LogP contribution in [-0.4, -0.2) is 18.4 Å². The summed E-state index contributed by atoms with van der Waals surface area (Å²) < 4.78 is 38.6. The van der Waals surface area contributed by atoms with Gasteiger partial charge in [-0.3, -0.25) is 9.59 Å². The van der Waals surface area contributed by atoms with Crippen molar-refractivity contribution in [3.05, 3.63) is 88.4 Å². The molecule has 0 saturated carbocycles.